The normalized spacial score (nSPS) is 12.8. The van der Waals surface area contributed by atoms with Crippen LogP contribution < -0.4 is 4.74 Å². The number of rotatable bonds is 7. The fourth-order valence-electron chi connectivity index (χ4n) is 1.60. The van der Waals surface area contributed by atoms with E-state index in [1.165, 1.54) is 0 Å². The van der Waals surface area contributed by atoms with E-state index in [0.717, 1.165) is 27.0 Å². The van der Waals surface area contributed by atoms with Crippen molar-refractivity contribution in [3.05, 3.63) is 9.26 Å². The first kappa shape index (κ1) is 19.4. The van der Waals surface area contributed by atoms with E-state index in [2.05, 4.69) is 77.5 Å². The minimum absolute atomic E-state index is 0.236. The number of ether oxygens (including phenoxy) is 1. The Hall–Kier alpha value is 0.397. The van der Waals surface area contributed by atoms with Crippen molar-refractivity contribution in [1.29, 1.82) is 0 Å². The number of aromatic nitrogens is 2. The van der Waals surface area contributed by atoms with Crippen molar-refractivity contribution in [1.82, 2.24) is 9.78 Å². The zero-order valence-corrected chi connectivity index (χ0v) is 18.5. The van der Waals surface area contributed by atoms with Crippen molar-refractivity contribution >= 4 is 46.8 Å². The predicted molar refractivity (Wildman–Crippen MR) is 102 cm³/mol. The summed E-state index contributed by atoms with van der Waals surface area (Å²) in [5, 5.41) is 5.55. The summed E-state index contributed by atoms with van der Waals surface area (Å²) >= 11 is 5.83. The van der Waals surface area contributed by atoms with Gasteiger partial charge in [-0.1, -0.05) is 36.7 Å². The molecule has 0 aromatic carbocycles. The lowest BCUT2D eigenvalue weighted by atomic mass is 10.2. The minimum atomic E-state index is -1.69. The lowest BCUT2D eigenvalue weighted by molar-refractivity contribution is 0.261. The van der Waals surface area contributed by atoms with E-state index in [1.54, 1.807) is 0 Å². The molecule has 0 unspecified atom stereocenters. The lowest BCUT2D eigenvalue weighted by Gasteiger charge is -2.36. The van der Waals surface area contributed by atoms with Gasteiger partial charge >= 0.3 is 0 Å². The Balaban J connectivity index is 2.74. The highest BCUT2D eigenvalue weighted by molar-refractivity contribution is 14.1. The van der Waals surface area contributed by atoms with Gasteiger partial charge in [-0.05, 0) is 47.6 Å². The molecule has 0 saturated heterocycles. The van der Waals surface area contributed by atoms with E-state index in [9.17, 15) is 0 Å². The topological polar surface area (TPSA) is 36.3 Å². The maximum Gasteiger partial charge on any atom is 0.246 e. The molecule has 1 rings (SSSR count). The standard InChI is InChI=1S/C14H26BrIN2O2Si/c1-7-19-13-12(16)11(10-15)18(17-13)8-9-20-21(5,6)14(2,3)4/h7-10H2,1-6H3. The second-order valence-electron chi connectivity index (χ2n) is 6.46. The molecule has 0 spiro atoms. The molecule has 21 heavy (non-hydrogen) atoms. The summed E-state index contributed by atoms with van der Waals surface area (Å²) in [6, 6.07) is 0. The van der Waals surface area contributed by atoms with Crippen molar-refractivity contribution < 1.29 is 9.16 Å². The van der Waals surface area contributed by atoms with Crippen LogP contribution in [0.5, 0.6) is 5.88 Å². The largest absolute Gasteiger partial charge is 0.476 e. The Kier molecular flexibility index (Phi) is 7.21. The van der Waals surface area contributed by atoms with Gasteiger partial charge in [0.25, 0.3) is 0 Å². The highest BCUT2D eigenvalue weighted by Crippen LogP contribution is 2.36. The Morgan fingerprint density at radius 1 is 1.33 bits per heavy atom. The van der Waals surface area contributed by atoms with Crippen LogP contribution in [0.2, 0.25) is 18.1 Å². The van der Waals surface area contributed by atoms with Gasteiger partial charge in [-0.15, -0.1) is 5.10 Å². The molecule has 122 valence electrons. The molecule has 0 amide bonds. The molecule has 1 heterocycles. The second kappa shape index (κ2) is 7.78. The van der Waals surface area contributed by atoms with Crippen LogP contribution in [-0.2, 0) is 16.3 Å². The highest BCUT2D eigenvalue weighted by Gasteiger charge is 2.37. The van der Waals surface area contributed by atoms with Crippen LogP contribution >= 0.6 is 38.5 Å². The molecule has 0 fully saturated rings. The summed E-state index contributed by atoms with van der Waals surface area (Å²) in [6.07, 6.45) is 0. The predicted octanol–water partition coefficient (Wildman–Crippen LogP) is 4.80. The SMILES string of the molecule is CCOc1nn(CCO[Si](C)(C)C(C)(C)C)c(CBr)c1I. The van der Waals surface area contributed by atoms with Crippen molar-refractivity contribution in [2.24, 2.45) is 0 Å². The zero-order valence-electron chi connectivity index (χ0n) is 13.8. The molecule has 1 aromatic heterocycles. The first-order valence-corrected chi connectivity index (χ1v) is 12.3. The third-order valence-electron chi connectivity index (χ3n) is 3.94. The maximum atomic E-state index is 6.23. The Bertz CT molecular complexity index is 472. The minimum Gasteiger partial charge on any atom is -0.476 e. The van der Waals surface area contributed by atoms with Gasteiger partial charge in [-0.2, -0.15) is 0 Å². The number of hydrogen-bond acceptors (Lipinski definition) is 3. The van der Waals surface area contributed by atoms with Crippen LogP contribution in [0.15, 0.2) is 0 Å². The van der Waals surface area contributed by atoms with Crippen LogP contribution in [0.25, 0.3) is 0 Å². The van der Waals surface area contributed by atoms with Gasteiger partial charge in [0.2, 0.25) is 5.88 Å². The smallest absolute Gasteiger partial charge is 0.246 e. The highest BCUT2D eigenvalue weighted by atomic mass is 127. The van der Waals surface area contributed by atoms with Crippen LogP contribution in [0.4, 0.5) is 0 Å². The van der Waals surface area contributed by atoms with Crippen LogP contribution in [0.3, 0.4) is 0 Å². The van der Waals surface area contributed by atoms with Gasteiger partial charge in [0.1, 0.15) is 0 Å². The van der Waals surface area contributed by atoms with Gasteiger partial charge in [-0.25, -0.2) is 0 Å². The third-order valence-corrected chi connectivity index (χ3v) is 10.1. The van der Waals surface area contributed by atoms with Gasteiger partial charge in [-0.3, -0.25) is 4.68 Å². The van der Waals surface area contributed by atoms with Crippen molar-refractivity contribution in [2.75, 3.05) is 13.2 Å². The Morgan fingerprint density at radius 3 is 2.43 bits per heavy atom. The van der Waals surface area contributed by atoms with Crippen molar-refractivity contribution in [3.63, 3.8) is 0 Å². The monoisotopic (exact) mass is 488 g/mol. The van der Waals surface area contributed by atoms with Gasteiger partial charge < -0.3 is 9.16 Å². The van der Waals surface area contributed by atoms with Crippen LogP contribution in [-0.4, -0.2) is 31.3 Å². The fourth-order valence-corrected chi connectivity index (χ4v) is 4.46. The summed E-state index contributed by atoms with van der Waals surface area (Å²) < 4.78 is 14.9. The third kappa shape index (κ3) is 4.94. The van der Waals surface area contributed by atoms with Crippen LogP contribution in [0, 0.1) is 3.57 Å². The fraction of sp³-hybridized carbons (Fsp3) is 0.786. The summed E-state index contributed by atoms with van der Waals surface area (Å²) in [5.41, 5.74) is 1.15. The van der Waals surface area contributed by atoms with Gasteiger partial charge in [0.05, 0.1) is 29.0 Å². The molecule has 0 radical (unpaired) electrons. The number of halogens is 2. The van der Waals surface area contributed by atoms with Crippen molar-refractivity contribution in [2.45, 2.75) is 57.7 Å². The van der Waals surface area contributed by atoms with Crippen molar-refractivity contribution in [3.8, 4) is 5.88 Å². The maximum absolute atomic E-state index is 6.23. The average molecular weight is 489 g/mol. The average Bonchev–Trinajstić information content (AvgIpc) is 2.64. The molecule has 0 N–H and O–H groups in total. The van der Waals surface area contributed by atoms with E-state index in [4.69, 9.17) is 9.16 Å². The summed E-state index contributed by atoms with van der Waals surface area (Å²) in [6.45, 7) is 15.4. The Labute approximate surface area is 151 Å². The molecule has 0 aliphatic rings. The first-order chi connectivity index (χ1) is 9.64. The van der Waals surface area contributed by atoms with E-state index in [-0.39, 0.29) is 5.04 Å². The van der Waals surface area contributed by atoms with E-state index in [0.29, 0.717) is 13.2 Å². The molecule has 0 bridgehead atoms. The van der Waals surface area contributed by atoms with Gasteiger partial charge in [0, 0.05) is 5.33 Å². The molecule has 7 heteroatoms. The molecule has 0 aliphatic heterocycles. The van der Waals surface area contributed by atoms with E-state index >= 15 is 0 Å². The van der Waals surface area contributed by atoms with Gasteiger partial charge in [0.15, 0.2) is 8.32 Å². The van der Waals surface area contributed by atoms with Crippen LogP contribution in [0.1, 0.15) is 33.4 Å². The summed E-state index contributed by atoms with van der Waals surface area (Å²) in [7, 11) is -1.69. The molecule has 4 nitrogen and oxygen atoms in total. The second-order valence-corrected chi connectivity index (χ2v) is 12.9. The molecule has 0 saturated carbocycles. The molecular weight excluding hydrogens is 463 g/mol. The molecule has 0 atom stereocenters. The number of hydrogen-bond donors (Lipinski definition) is 0. The molecular formula is C14H26BrIN2O2Si. The van der Waals surface area contributed by atoms with E-state index in [1.807, 2.05) is 11.6 Å². The first-order valence-electron chi connectivity index (χ1n) is 7.22. The Morgan fingerprint density at radius 2 is 1.95 bits per heavy atom. The molecule has 1 aromatic rings. The number of alkyl halides is 1. The summed E-state index contributed by atoms with van der Waals surface area (Å²) in [5.74, 6) is 0.722. The number of nitrogens with zero attached hydrogens (tertiary/aromatic N) is 2. The molecule has 0 aliphatic carbocycles. The summed E-state index contributed by atoms with van der Waals surface area (Å²) in [4.78, 5) is 0. The zero-order chi connectivity index (χ0) is 16.3. The quantitative estimate of drug-likeness (QED) is 0.314. The lowest BCUT2D eigenvalue weighted by Crippen LogP contribution is -2.41. The van der Waals surface area contributed by atoms with E-state index < -0.39 is 8.32 Å².